The van der Waals surface area contributed by atoms with E-state index in [2.05, 4.69) is 5.16 Å². The Hall–Kier alpha value is -3.90. The quantitative estimate of drug-likeness (QED) is 0.286. The van der Waals surface area contributed by atoms with E-state index in [1.165, 1.54) is 0 Å². The monoisotopic (exact) mass is 489 g/mol. The van der Waals surface area contributed by atoms with Crippen molar-refractivity contribution in [3.63, 3.8) is 0 Å². The first-order valence-corrected chi connectivity index (χ1v) is 11.5. The molecular formula is C28H24ClNO5. The highest BCUT2D eigenvalue weighted by Crippen LogP contribution is 2.32. The SMILES string of the molecule is Cc1noc(-c2cccc(-c3cccc(CC(=O)O)c3)c2)c1CC(=O)OC(C)c1ccccc1Cl. The van der Waals surface area contributed by atoms with Gasteiger partial charge < -0.3 is 14.4 Å². The minimum atomic E-state index is -0.881. The standard InChI is InChI=1S/C28H24ClNO5/c1-17-24(16-27(33)34-18(2)23-11-3-4-12-25(23)29)28(35-30-17)22-10-6-9-21(15-22)20-8-5-7-19(13-20)14-26(31)32/h3-13,15,18H,14,16H2,1-2H3,(H,31,32). The van der Waals surface area contributed by atoms with E-state index in [4.69, 9.17) is 26.0 Å². The second-order valence-corrected chi connectivity index (χ2v) is 8.66. The van der Waals surface area contributed by atoms with Crippen molar-refractivity contribution in [1.82, 2.24) is 5.16 Å². The van der Waals surface area contributed by atoms with Gasteiger partial charge in [0, 0.05) is 21.7 Å². The molecule has 0 amide bonds. The molecule has 0 aliphatic heterocycles. The van der Waals surface area contributed by atoms with E-state index >= 15 is 0 Å². The fourth-order valence-electron chi connectivity index (χ4n) is 3.95. The summed E-state index contributed by atoms with van der Waals surface area (Å²) in [6.45, 7) is 3.56. The van der Waals surface area contributed by atoms with Gasteiger partial charge in [0.05, 0.1) is 18.5 Å². The maximum atomic E-state index is 12.8. The summed E-state index contributed by atoms with van der Waals surface area (Å²) in [7, 11) is 0. The van der Waals surface area contributed by atoms with Crippen molar-refractivity contribution in [2.45, 2.75) is 32.8 Å². The molecule has 0 aliphatic carbocycles. The minimum absolute atomic E-state index is 0.00220. The lowest BCUT2D eigenvalue weighted by Crippen LogP contribution is -2.12. The van der Waals surface area contributed by atoms with E-state index in [-0.39, 0.29) is 12.8 Å². The smallest absolute Gasteiger partial charge is 0.311 e. The number of hydrogen-bond donors (Lipinski definition) is 1. The summed E-state index contributed by atoms with van der Waals surface area (Å²) in [4.78, 5) is 23.9. The number of rotatable bonds is 8. The van der Waals surface area contributed by atoms with Crippen LogP contribution in [0.3, 0.4) is 0 Å². The zero-order valence-electron chi connectivity index (χ0n) is 19.3. The lowest BCUT2D eigenvalue weighted by Gasteiger charge is -2.15. The van der Waals surface area contributed by atoms with E-state index in [0.29, 0.717) is 27.6 Å². The average Bonchev–Trinajstić information content (AvgIpc) is 3.19. The number of nitrogens with zero attached hydrogens (tertiary/aromatic N) is 1. The molecule has 4 rings (SSSR count). The molecule has 0 saturated heterocycles. The molecule has 1 atom stereocenters. The summed E-state index contributed by atoms with van der Waals surface area (Å²) in [5.74, 6) is -0.802. The second kappa shape index (κ2) is 10.6. The van der Waals surface area contributed by atoms with Crippen molar-refractivity contribution in [1.29, 1.82) is 0 Å². The van der Waals surface area contributed by atoms with Crippen LogP contribution >= 0.6 is 11.6 Å². The van der Waals surface area contributed by atoms with Crippen LogP contribution < -0.4 is 0 Å². The zero-order chi connectivity index (χ0) is 24.9. The molecule has 178 valence electrons. The Morgan fingerprint density at radius 1 is 0.971 bits per heavy atom. The molecule has 4 aromatic rings. The Labute approximate surface area is 208 Å². The molecular weight excluding hydrogens is 466 g/mol. The molecule has 0 aliphatic rings. The fourth-order valence-corrected chi connectivity index (χ4v) is 4.24. The van der Waals surface area contributed by atoms with Crippen LogP contribution in [0.5, 0.6) is 0 Å². The summed E-state index contributed by atoms with van der Waals surface area (Å²) in [5.41, 5.74) is 5.25. The Morgan fingerprint density at radius 3 is 2.40 bits per heavy atom. The Bertz CT molecular complexity index is 1380. The van der Waals surface area contributed by atoms with E-state index < -0.39 is 18.0 Å². The Kier molecular flexibility index (Phi) is 7.32. The second-order valence-electron chi connectivity index (χ2n) is 8.26. The number of ether oxygens (including phenoxy) is 1. The molecule has 6 nitrogen and oxygen atoms in total. The summed E-state index contributed by atoms with van der Waals surface area (Å²) in [6, 6.07) is 22.3. The van der Waals surface area contributed by atoms with Gasteiger partial charge in [-0.1, -0.05) is 77.4 Å². The van der Waals surface area contributed by atoms with Crippen molar-refractivity contribution < 1.29 is 24.0 Å². The van der Waals surface area contributed by atoms with Crippen molar-refractivity contribution in [3.05, 3.63) is 100 Å². The van der Waals surface area contributed by atoms with Gasteiger partial charge in [0.2, 0.25) is 0 Å². The van der Waals surface area contributed by atoms with Crippen LogP contribution in [0.2, 0.25) is 5.02 Å². The number of carbonyl (C=O) groups is 2. The Balaban J connectivity index is 1.56. The van der Waals surface area contributed by atoms with Crippen LogP contribution in [-0.4, -0.2) is 22.2 Å². The molecule has 0 spiro atoms. The van der Waals surface area contributed by atoms with E-state index in [1.54, 1.807) is 26.0 Å². The Morgan fingerprint density at radius 2 is 1.66 bits per heavy atom. The summed E-state index contributed by atoms with van der Waals surface area (Å²) >= 11 is 6.23. The highest BCUT2D eigenvalue weighted by atomic mass is 35.5. The summed E-state index contributed by atoms with van der Waals surface area (Å²) in [6.07, 6.45) is -0.549. The maximum absolute atomic E-state index is 12.8. The number of carboxylic acids is 1. The van der Waals surface area contributed by atoms with E-state index in [9.17, 15) is 9.59 Å². The predicted molar refractivity (Wildman–Crippen MR) is 133 cm³/mol. The average molecular weight is 490 g/mol. The number of esters is 1. The molecule has 0 bridgehead atoms. The number of aromatic nitrogens is 1. The third kappa shape index (κ3) is 5.78. The van der Waals surface area contributed by atoms with Gasteiger partial charge in [-0.05, 0) is 42.7 Å². The van der Waals surface area contributed by atoms with Crippen molar-refractivity contribution in [2.24, 2.45) is 0 Å². The van der Waals surface area contributed by atoms with Gasteiger partial charge in [0.15, 0.2) is 5.76 Å². The van der Waals surface area contributed by atoms with Crippen LogP contribution in [0, 0.1) is 6.92 Å². The van der Waals surface area contributed by atoms with Crippen LogP contribution in [-0.2, 0) is 27.2 Å². The highest BCUT2D eigenvalue weighted by molar-refractivity contribution is 6.31. The predicted octanol–water partition coefficient (Wildman–Crippen LogP) is 6.44. The molecule has 0 saturated carbocycles. The van der Waals surface area contributed by atoms with Gasteiger partial charge in [-0.2, -0.15) is 0 Å². The topological polar surface area (TPSA) is 89.6 Å². The van der Waals surface area contributed by atoms with Crippen LogP contribution in [0.4, 0.5) is 0 Å². The first-order valence-electron chi connectivity index (χ1n) is 11.1. The number of benzene rings is 3. The first-order chi connectivity index (χ1) is 16.8. The van der Waals surface area contributed by atoms with Crippen LogP contribution in [0.25, 0.3) is 22.5 Å². The van der Waals surface area contributed by atoms with Crippen LogP contribution in [0.15, 0.2) is 77.3 Å². The number of hydrogen-bond acceptors (Lipinski definition) is 5. The first kappa shape index (κ1) is 24.2. The summed E-state index contributed by atoms with van der Waals surface area (Å²) < 4.78 is 11.2. The molecule has 0 radical (unpaired) electrons. The largest absolute Gasteiger partial charge is 0.481 e. The van der Waals surface area contributed by atoms with Crippen LogP contribution in [0.1, 0.15) is 35.4 Å². The number of carbonyl (C=O) groups excluding carboxylic acids is 1. The number of aliphatic carboxylic acids is 1. The molecule has 7 heteroatoms. The van der Waals surface area contributed by atoms with Gasteiger partial charge in [-0.25, -0.2) is 0 Å². The van der Waals surface area contributed by atoms with Crippen molar-refractivity contribution in [2.75, 3.05) is 0 Å². The molecule has 35 heavy (non-hydrogen) atoms. The van der Waals surface area contributed by atoms with Gasteiger partial charge in [-0.15, -0.1) is 0 Å². The van der Waals surface area contributed by atoms with Gasteiger partial charge in [0.25, 0.3) is 0 Å². The molecule has 3 aromatic carbocycles. The fraction of sp³-hybridized carbons (Fsp3) is 0.179. The minimum Gasteiger partial charge on any atom is -0.481 e. The number of aryl methyl sites for hydroxylation is 1. The normalized spacial score (nSPS) is 11.7. The van der Waals surface area contributed by atoms with Crippen molar-refractivity contribution >= 4 is 23.5 Å². The maximum Gasteiger partial charge on any atom is 0.311 e. The lowest BCUT2D eigenvalue weighted by molar-refractivity contribution is -0.147. The van der Waals surface area contributed by atoms with Gasteiger partial charge in [0.1, 0.15) is 6.10 Å². The molecule has 1 N–H and O–H groups in total. The third-order valence-corrected chi connectivity index (χ3v) is 6.04. The molecule has 1 heterocycles. The molecule has 1 unspecified atom stereocenters. The molecule has 0 fully saturated rings. The van der Waals surface area contributed by atoms with Gasteiger partial charge in [-0.3, -0.25) is 9.59 Å². The molecule has 1 aromatic heterocycles. The number of halogens is 1. The van der Waals surface area contributed by atoms with Crippen molar-refractivity contribution in [3.8, 4) is 22.5 Å². The van der Waals surface area contributed by atoms with Gasteiger partial charge >= 0.3 is 11.9 Å². The van der Waals surface area contributed by atoms with E-state index in [0.717, 1.165) is 22.3 Å². The lowest BCUT2D eigenvalue weighted by atomic mass is 9.97. The van der Waals surface area contributed by atoms with E-state index in [1.807, 2.05) is 60.7 Å². The third-order valence-electron chi connectivity index (χ3n) is 5.70. The zero-order valence-corrected chi connectivity index (χ0v) is 20.1. The highest BCUT2D eigenvalue weighted by Gasteiger charge is 2.21. The number of carboxylic acid groups (broad SMARTS) is 1. The summed E-state index contributed by atoms with van der Waals surface area (Å²) in [5, 5.41) is 13.7.